The SMILES string of the molecule is O=C(c1ccc(Oc2ccccc2)cc1)N(CC1CCCO1)c1nc2ccccc2s1. The normalized spacial score (nSPS) is 15.8. The van der Waals surface area contributed by atoms with Gasteiger partial charge in [-0.1, -0.05) is 41.7 Å². The van der Waals surface area contributed by atoms with E-state index in [1.807, 2.05) is 66.7 Å². The second-order valence-electron chi connectivity index (χ2n) is 7.45. The number of hydrogen-bond donors (Lipinski definition) is 0. The molecule has 1 unspecified atom stereocenters. The molecule has 1 aromatic heterocycles. The summed E-state index contributed by atoms with van der Waals surface area (Å²) in [7, 11) is 0. The first-order valence-corrected chi connectivity index (χ1v) is 11.2. The molecule has 0 aliphatic carbocycles. The van der Waals surface area contributed by atoms with E-state index in [-0.39, 0.29) is 12.0 Å². The number of ether oxygens (including phenoxy) is 2. The molecular formula is C25H22N2O3S. The molecule has 0 bridgehead atoms. The Bertz CT molecular complexity index is 1140. The molecule has 1 aliphatic heterocycles. The fraction of sp³-hybridized carbons (Fsp3) is 0.200. The largest absolute Gasteiger partial charge is 0.457 e. The van der Waals surface area contributed by atoms with Gasteiger partial charge in [-0.3, -0.25) is 9.69 Å². The zero-order valence-electron chi connectivity index (χ0n) is 16.9. The smallest absolute Gasteiger partial charge is 0.260 e. The molecule has 1 amide bonds. The van der Waals surface area contributed by atoms with Crippen LogP contribution in [0.3, 0.4) is 0 Å². The summed E-state index contributed by atoms with van der Waals surface area (Å²) < 4.78 is 12.7. The Kier molecular flexibility index (Phi) is 5.65. The zero-order chi connectivity index (χ0) is 21.0. The minimum atomic E-state index is -0.0826. The number of anilines is 1. The molecule has 0 N–H and O–H groups in total. The highest BCUT2D eigenvalue weighted by Crippen LogP contribution is 2.31. The summed E-state index contributed by atoms with van der Waals surface area (Å²) in [5, 5.41) is 0.700. The second kappa shape index (κ2) is 8.88. The molecule has 2 heterocycles. The number of fused-ring (bicyclic) bond motifs is 1. The summed E-state index contributed by atoms with van der Waals surface area (Å²) in [6.07, 6.45) is 2.02. The van der Waals surface area contributed by atoms with Crippen LogP contribution in [0.5, 0.6) is 11.5 Å². The van der Waals surface area contributed by atoms with Gasteiger partial charge < -0.3 is 9.47 Å². The van der Waals surface area contributed by atoms with Gasteiger partial charge in [-0.15, -0.1) is 0 Å². The lowest BCUT2D eigenvalue weighted by Gasteiger charge is -2.23. The Balaban J connectivity index is 1.40. The van der Waals surface area contributed by atoms with Gasteiger partial charge >= 0.3 is 0 Å². The molecule has 5 nitrogen and oxygen atoms in total. The van der Waals surface area contributed by atoms with Crippen molar-refractivity contribution in [1.82, 2.24) is 4.98 Å². The molecule has 31 heavy (non-hydrogen) atoms. The van der Waals surface area contributed by atoms with Crippen LogP contribution in [0.15, 0.2) is 78.9 Å². The number of nitrogens with zero attached hydrogens (tertiary/aromatic N) is 2. The van der Waals surface area contributed by atoms with Crippen LogP contribution in [0, 0.1) is 0 Å². The maximum absolute atomic E-state index is 13.5. The highest BCUT2D eigenvalue weighted by atomic mass is 32.1. The van der Waals surface area contributed by atoms with Gasteiger partial charge in [0.15, 0.2) is 5.13 Å². The lowest BCUT2D eigenvalue weighted by molar-refractivity contribution is 0.0917. The molecule has 6 heteroatoms. The average molecular weight is 431 g/mol. The van der Waals surface area contributed by atoms with Crippen molar-refractivity contribution in [2.75, 3.05) is 18.1 Å². The summed E-state index contributed by atoms with van der Waals surface area (Å²) in [5.41, 5.74) is 1.50. The van der Waals surface area contributed by atoms with Gasteiger partial charge in [-0.2, -0.15) is 0 Å². The first-order valence-electron chi connectivity index (χ1n) is 10.4. The number of carbonyl (C=O) groups is 1. The van der Waals surface area contributed by atoms with Gasteiger partial charge in [-0.25, -0.2) is 4.98 Å². The standard InChI is InChI=1S/C25H22N2O3S/c28-24(18-12-14-20(15-13-18)30-19-7-2-1-3-8-19)27(17-21-9-6-16-29-21)25-26-22-10-4-5-11-23(22)31-25/h1-5,7-8,10-15,21H,6,9,16-17H2. The van der Waals surface area contributed by atoms with Crippen LogP contribution in [0.2, 0.25) is 0 Å². The van der Waals surface area contributed by atoms with E-state index >= 15 is 0 Å². The molecule has 4 aromatic rings. The maximum atomic E-state index is 13.5. The molecule has 5 rings (SSSR count). The predicted molar refractivity (Wildman–Crippen MR) is 123 cm³/mol. The topological polar surface area (TPSA) is 51.7 Å². The minimum absolute atomic E-state index is 0.0386. The summed E-state index contributed by atoms with van der Waals surface area (Å²) in [4.78, 5) is 20.0. The molecule has 0 saturated carbocycles. The number of benzene rings is 3. The molecular weight excluding hydrogens is 408 g/mol. The van der Waals surface area contributed by atoms with Crippen molar-refractivity contribution >= 4 is 32.6 Å². The molecule has 156 valence electrons. The van der Waals surface area contributed by atoms with E-state index in [1.165, 1.54) is 11.3 Å². The highest BCUT2D eigenvalue weighted by molar-refractivity contribution is 7.22. The molecule has 1 aliphatic rings. The number of carbonyl (C=O) groups excluding carboxylic acids is 1. The number of para-hydroxylation sites is 2. The summed E-state index contributed by atoms with van der Waals surface area (Å²) in [6.45, 7) is 1.25. The summed E-state index contributed by atoms with van der Waals surface area (Å²) >= 11 is 1.53. The van der Waals surface area contributed by atoms with Crippen LogP contribution in [0.25, 0.3) is 10.2 Å². The minimum Gasteiger partial charge on any atom is -0.457 e. The van der Waals surface area contributed by atoms with Gasteiger partial charge in [0.2, 0.25) is 0 Å². The first-order chi connectivity index (χ1) is 15.3. The van der Waals surface area contributed by atoms with E-state index in [4.69, 9.17) is 14.5 Å². The second-order valence-corrected chi connectivity index (χ2v) is 8.46. The van der Waals surface area contributed by atoms with Gasteiger partial charge in [0.25, 0.3) is 5.91 Å². The van der Waals surface area contributed by atoms with Crippen LogP contribution in [0.1, 0.15) is 23.2 Å². The number of amides is 1. The molecule has 3 aromatic carbocycles. The zero-order valence-corrected chi connectivity index (χ0v) is 17.8. The number of rotatable bonds is 6. The van der Waals surface area contributed by atoms with Crippen molar-refractivity contribution in [1.29, 1.82) is 0 Å². The van der Waals surface area contributed by atoms with Crippen molar-refractivity contribution in [3.8, 4) is 11.5 Å². The summed E-state index contributed by atoms with van der Waals surface area (Å²) in [6, 6.07) is 24.8. The van der Waals surface area contributed by atoms with Gasteiger partial charge in [0.1, 0.15) is 11.5 Å². The van der Waals surface area contributed by atoms with Crippen LogP contribution in [0.4, 0.5) is 5.13 Å². The molecule has 0 spiro atoms. The third kappa shape index (κ3) is 4.45. The van der Waals surface area contributed by atoms with Crippen molar-refractivity contribution in [2.24, 2.45) is 0 Å². The Labute approximate surface area is 184 Å². The van der Waals surface area contributed by atoms with Crippen LogP contribution in [-0.2, 0) is 4.74 Å². The third-order valence-electron chi connectivity index (χ3n) is 5.25. The summed E-state index contributed by atoms with van der Waals surface area (Å²) in [5.74, 6) is 1.37. The van der Waals surface area contributed by atoms with Crippen molar-refractivity contribution < 1.29 is 14.3 Å². The lowest BCUT2D eigenvalue weighted by Crippen LogP contribution is -2.37. The lowest BCUT2D eigenvalue weighted by atomic mass is 10.1. The third-order valence-corrected chi connectivity index (χ3v) is 6.31. The first kappa shape index (κ1) is 19.7. The van der Waals surface area contributed by atoms with E-state index in [2.05, 4.69) is 0 Å². The van der Waals surface area contributed by atoms with E-state index in [0.717, 1.165) is 35.4 Å². The van der Waals surface area contributed by atoms with Gasteiger partial charge in [0.05, 0.1) is 22.9 Å². The Morgan fingerprint density at radius 3 is 2.48 bits per heavy atom. The van der Waals surface area contributed by atoms with E-state index in [0.29, 0.717) is 23.0 Å². The van der Waals surface area contributed by atoms with E-state index < -0.39 is 0 Å². The van der Waals surface area contributed by atoms with Crippen molar-refractivity contribution in [3.63, 3.8) is 0 Å². The highest BCUT2D eigenvalue weighted by Gasteiger charge is 2.27. The van der Waals surface area contributed by atoms with Crippen molar-refractivity contribution in [2.45, 2.75) is 18.9 Å². The Morgan fingerprint density at radius 1 is 1.00 bits per heavy atom. The molecule has 0 radical (unpaired) electrons. The number of thiazole rings is 1. The van der Waals surface area contributed by atoms with Crippen LogP contribution in [-0.4, -0.2) is 30.1 Å². The average Bonchev–Trinajstić information content (AvgIpc) is 3.48. The monoisotopic (exact) mass is 430 g/mol. The van der Waals surface area contributed by atoms with Gasteiger partial charge in [0, 0.05) is 12.2 Å². The Hall–Kier alpha value is -3.22. The quantitative estimate of drug-likeness (QED) is 0.381. The van der Waals surface area contributed by atoms with E-state index in [9.17, 15) is 4.79 Å². The predicted octanol–water partition coefficient (Wildman–Crippen LogP) is 5.91. The van der Waals surface area contributed by atoms with Crippen LogP contribution >= 0.6 is 11.3 Å². The van der Waals surface area contributed by atoms with Crippen molar-refractivity contribution in [3.05, 3.63) is 84.4 Å². The fourth-order valence-corrected chi connectivity index (χ4v) is 4.63. The van der Waals surface area contributed by atoms with E-state index in [1.54, 1.807) is 17.0 Å². The maximum Gasteiger partial charge on any atom is 0.260 e. The molecule has 1 fully saturated rings. The Morgan fingerprint density at radius 2 is 1.74 bits per heavy atom. The van der Waals surface area contributed by atoms with Gasteiger partial charge in [-0.05, 0) is 61.4 Å². The fourth-order valence-electron chi connectivity index (χ4n) is 3.66. The van der Waals surface area contributed by atoms with Crippen LogP contribution < -0.4 is 9.64 Å². The molecule has 1 atom stereocenters. The number of hydrogen-bond acceptors (Lipinski definition) is 5. The number of aromatic nitrogens is 1. The molecule has 1 saturated heterocycles.